The van der Waals surface area contributed by atoms with Crippen LogP contribution in [0.5, 0.6) is 5.75 Å². The lowest BCUT2D eigenvalue weighted by Gasteiger charge is -2.09. The number of benzene rings is 2. The fraction of sp³-hybridized carbons (Fsp3) is 0.125. The van der Waals surface area contributed by atoms with Crippen LogP contribution in [0.3, 0.4) is 0 Å². The van der Waals surface area contributed by atoms with Crippen molar-refractivity contribution in [3.05, 3.63) is 65.9 Å². The van der Waals surface area contributed by atoms with E-state index < -0.39 is 0 Å². The molecule has 0 amide bonds. The van der Waals surface area contributed by atoms with Gasteiger partial charge in [0.2, 0.25) is 0 Å². The number of para-hydroxylation sites is 1. The van der Waals surface area contributed by atoms with Gasteiger partial charge in [-0.3, -0.25) is 0 Å². The summed E-state index contributed by atoms with van der Waals surface area (Å²) in [6.07, 6.45) is 0. The van der Waals surface area contributed by atoms with Gasteiger partial charge in [-0.05, 0) is 29.8 Å². The minimum atomic E-state index is -0.265. The van der Waals surface area contributed by atoms with Gasteiger partial charge in [-0.25, -0.2) is 0 Å². The Bertz CT molecular complexity index is 652. The van der Waals surface area contributed by atoms with Gasteiger partial charge in [0.1, 0.15) is 17.1 Å². The highest BCUT2D eigenvalue weighted by atomic mass is 16.5. The van der Waals surface area contributed by atoms with E-state index in [1.54, 1.807) is 7.11 Å². The van der Waals surface area contributed by atoms with Gasteiger partial charge in [0, 0.05) is 5.39 Å². The molecule has 0 saturated heterocycles. The van der Waals surface area contributed by atoms with Crippen molar-refractivity contribution in [2.75, 3.05) is 7.11 Å². The van der Waals surface area contributed by atoms with Crippen LogP contribution in [0.1, 0.15) is 17.4 Å². The molecule has 0 radical (unpaired) electrons. The number of ether oxygens (including phenoxy) is 1. The van der Waals surface area contributed by atoms with Crippen LogP contribution in [0.4, 0.5) is 0 Å². The molecule has 3 nitrogen and oxygen atoms in total. The van der Waals surface area contributed by atoms with Crippen molar-refractivity contribution < 1.29 is 9.15 Å². The van der Waals surface area contributed by atoms with Crippen molar-refractivity contribution >= 4 is 11.0 Å². The number of hydrogen-bond donors (Lipinski definition) is 1. The second kappa shape index (κ2) is 4.78. The number of fused-ring (bicyclic) bond motifs is 1. The van der Waals surface area contributed by atoms with Gasteiger partial charge in [-0.1, -0.05) is 30.3 Å². The standard InChI is InChI=1S/C16H15NO2/c1-18-13-8-6-11(7-9-13)16(17)15-10-12-4-2-3-5-14(12)19-15/h2-10,16H,17H2,1H3. The molecule has 0 aliphatic carbocycles. The molecule has 0 saturated carbocycles. The molecule has 1 atom stereocenters. The molecule has 0 aliphatic rings. The zero-order valence-electron chi connectivity index (χ0n) is 10.7. The molecule has 2 aromatic carbocycles. The summed E-state index contributed by atoms with van der Waals surface area (Å²) in [4.78, 5) is 0. The van der Waals surface area contributed by atoms with Crippen LogP contribution in [-0.2, 0) is 0 Å². The minimum Gasteiger partial charge on any atom is -0.497 e. The van der Waals surface area contributed by atoms with Gasteiger partial charge in [0.15, 0.2) is 0 Å². The summed E-state index contributed by atoms with van der Waals surface area (Å²) in [6, 6.07) is 17.3. The van der Waals surface area contributed by atoms with Gasteiger partial charge < -0.3 is 14.9 Å². The lowest BCUT2D eigenvalue weighted by Crippen LogP contribution is -2.10. The predicted octanol–water partition coefficient (Wildman–Crippen LogP) is 3.49. The molecule has 0 bridgehead atoms. The second-order valence-corrected chi connectivity index (χ2v) is 4.44. The molecule has 0 spiro atoms. The average Bonchev–Trinajstić information content (AvgIpc) is 2.90. The SMILES string of the molecule is COc1ccc(C(N)c2cc3ccccc3o2)cc1. The van der Waals surface area contributed by atoms with Gasteiger partial charge in [0.25, 0.3) is 0 Å². The normalized spacial score (nSPS) is 12.5. The summed E-state index contributed by atoms with van der Waals surface area (Å²) < 4.78 is 10.9. The minimum absolute atomic E-state index is 0.265. The van der Waals surface area contributed by atoms with E-state index in [4.69, 9.17) is 14.9 Å². The molecule has 3 aromatic rings. The zero-order valence-corrected chi connectivity index (χ0v) is 10.7. The Kier molecular flexibility index (Phi) is 2.97. The third-order valence-electron chi connectivity index (χ3n) is 3.23. The number of furan rings is 1. The summed E-state index contributed by atoms with van der Waals surface area (Å²) in [5.41, 5.74) is 8.10. The lowest BCUT2D eigenvalue weighted by atomic mass is 10.1. The topological polar surface area (TPSA) is 48.4 Å². The number of nitrogens with two attached hydrogens (primary N) is 1. The van der Waals surface area contributed by atoms with E-state index in [-0.39, 0.29) is 6.04 Å². The van der Waals surface area contributed by atoms with Crippen molar-refractivity contribution in [1.82, 2.24) is 0 Å². The third-order valence-corrected chi connectivity index (χ3v) is 3.23. The smallest absolute Gasteiger partial charge is 0.134 e. The molecule has 3 heteroatoms. The molecule has 0 fully saturated rings. The van der Waals surface area contributed by atoms with E-state index in [0.717, 1.165) is 28.0 Å². The van der Waals surface area contributed by atoms with E-state index in [1.807, 2.05) is 54.6 Å². The van der Waals surface area contributed by atoms with E-state index in [2.05, 4.69) is 0 Å². The summed E-state index contributed by atoms with van der Waals surface area (Å²) in [7, 11) is 1.65. The predicted molar refractivity (Wildman–Crippen MR) is 75.2 cm³/mol. The monoisotopic (exact) mass is 253 g/mol. The molecule has 0 aliphatic heterocycles. The summed E-state index contributed by atoms with van der Waals surface area (Å²) in [5, 5.41) is 1.07. The molecule has 96 valence electrons. The second-order valence-electron chi connectivity index (χ2n) is 4.44. The van der Waals surface area contributed by atoms with Crippen LogP contribution in [0.15, 0.2) is 59.0 Å². The highest BCUT2D eigenvalue weighted by Gasteiger charge is 2.14. The molecule has 1 heterocycles. The molecule has 1 unspecified atom stereocenters. The first-order valence-electron chi connectivity index (χ1n) is 6.16. The summed E-state index contributed by atoms with van der Waals surface area (Å²) in [6.45, 7) is 0. The third kappa shape index (κ3) is 2.20. The maximum Gasteiger partial charge on any atom is 0.134 e. The Labute approximate surface area is 111 Å². The van der Waals surface area contributed by atoms with Crippen LogP contribution in [0.2, 0.25) is 0 Å². The van der Waals surface area contributed by atoms with Crippen LogP contribution in [0, 0.1) is 0 Å². The molecule has 3 rings (SSSR count). The Morgan fingerprint density at radius 1 is 1.05 bits per heavy atom. The van der Waals surface area contributed by atoms with Gasteiger partial charge in [0.05, 0.1) is 13.2 Å². The van der Waals surface area contributed by atoms with E-state index in [1.165, 1.54) is 0 Å². The van der Waals surface area contributed by atoms with Crippen molar-refractivity contribution in [3.8, 4) is 5.75 Å². The van der Waals surface area contributed by atoms with Crippen LogP contribution >= 0.6 is 0 Å². The fourth-order valence-corrected chi connectivity index (χ4v) is 2.13. The van der Waals surface area contributed by atoms with Gasteiger partial charge in [-0.2, -0.15) is 0 Å². The van der Waals surface area contributed by atoms with Gasteiger partial charge in [-0.15, -0.1) is 0 Å². The summed E-state index contributed by atoms with van der Waals surface area (Å²) in [5.74, 6) is 1.59. The Balaban J connectivity index is 1.95. The first-order valence-corrected chi connectivity index (χ1v) is 6.16. The molecule has 19 heavy (non-hydrogen) atoms. The van der Waals surface area contributed by atoms with E-state index >= 15 is 0 Å². The lowest BCUT2D eigenvalue weighted by molar-refractivity contribution is 0.414. The summed E-state index contributed by atoms with van der Waals surface area (Å²) >= 11 is 0. The van der Waals surface area contributed by atoms with Crippen molar-refractivity contribution in [2.24, 2.45) is 5.73 Å². The first kappa shape index (κ1) is 11.8. The van der Waals surface area contributed by atoms with E-state index in [9.17, 15) is 0 Å². The first-order chi connectivity index (χ1) is 9.28. The Morgan fingerprint density at radius 2 is 1.79 bits per heavy atom. The highest BCUT2D eigenvalue weighted by Crippen LogP contribution is 2.27. The number of rotatable bonds is 3. The number of methoxy groups -OCH3 is 1. The maximum atomic E-state index is 6.24. The van der Waals surface area contributed by atoms with Crippen molar-refractivity contribution in [2.45, 2.75) is 6.04 Å². The Hall–Kier alpha value is -2.26. The van der Waals surface area contributed by atoms with Crippen molar-refractivity contribution in [1.29, 1.82) is 0 Å². The van der Waals surface area contributed by atoms with Crippen LogP contribution in [-0.4, -0.2) is 7.11 Å². The van der Waals surface area contributed by atoms with Crippen LogP contribution in [0.25, 0.3) is 11.0 Å². The van der Waals surface area contributed by atoms with Crippen molar-refractivity contribution in [3.63, 3.8) is 0 Å². The average molecular weight is 253 g/mol. The molecule has 2 N–H and O–H groups in total. The fourth-order valence-electron chi connectivity index (χ4n) is 2.13. The van der Waals surface area contributed by atoms with Gasteiger partial charge >= 0.3 is 0 Å². The largest absolute Gasteiger partial charge is 0.497 e. The van der Waals surface area contributed by atoms with Crippen LogP contribution < -0.4 is 10.5 Å². The number of hydrogen-bond acceptors (Lipinski definition) is 3. The Morgan fingerprint density at radius 3 is 2.47 bits per heavy atom. The quantitative estimate of drug-likeness (QED) is 0.777. The van der Waals surface area contributed by atoms with E-state index in [0.29, 0.717) is 0 Å². The molecular weight excluding hydrogens is 238 g/mol. The molecule has 1 aromatic heterocycles. The maximum absolute atomic E-state index is 6.24. The molecular formula is C16H15NO2. The highest BCUT2D eigenvalue weighted by molar-refractivity contribution is 5.77. The zero-order chi connectivity index (χ0) is 13.2.